The Morgan fingerprint density at radius 1 is 1.36 bits per heavy atom. The zero-order valence-corrected chi connectivity index (χ0v) is 6.24. The lowest BCUT2D eigenvalue weighted by molar-refractivity contribution is -0.140. The molecular weight excluding hydrogens is 148 g/mol. The van der Waals surface area contributed by atoms with E-state index >= 15 is 0 Å². The van der Waals surface area contributed by atoms with E-state index in [-0.39, 0.29) is 18.8 Å². The van der Waals surface area contributed by atoms with E-state index in [0.717, 1.165) is 0 Å². The molecule has 0 rings (SSSR count). The molecule has 0 aliphatic rings. The Morgan fingerprint density at radius 3 is 2.36 bits per heavy atom. The molecule has 0 radical (unpaired) electrons. The third kappa shape index (κ3) is 6.57. The van der Waals surface area contributed by atoms with Crippen molar-refractivity contribution in [3.63, 3.8) is 0 Å². The van der Waals surface area contributed by atoms with Crippen molar-refractivity contribution in [1.82, 2.24) is 0 Å². The summed E-state index contributed by atoms with van der Waals surface area (Å²) in [5, 5.41) is 8.17. The van der Waals surface area contributed by atoms with Crippen molar-refractivity contribution >= 4 is 11.9 Å². The molecule has 0 fully saturated rings. The zero-order chi connectivity index (χ0) is 8.69. The van der Waals surface area contributed by atoms with Gasteiger partial charge in [0.05, 0.1) is 20.0 Å². The summed E-state index contributed by atoms with van der Waals surface area (Å²) in [6.07, 6.45) is 2.96. The molecule has 62 valence electrons. The molecule has 0 saturated carbocycles. The molecule has 4 nitrogen and oxygen atoms in total. The van der Waals surface area contributed by atoms with E-state index in [0.29, 0.717) is 0 Å². The van der Waals surface area contributed by atoms with Crippen LogP contribution in [0.3, 0.4) is 0 Å². The number of carboxylic acids is 1. The predicted octanol–water partition coefficient (Wildman–Crippen LogP) is 0.580. The summed E-state index contributed by atoms with van der Waals surface area (Å²) >= 11 is 0. The van der Waals surface area contributed by atoms with Gasteiger partial charge in [-0.25, -0.2) is 0 Å². The van der Waals surface area contributed by atoms with Gasteiger partial charge in [-0.3, -0.25) is 9.59 Å². The molecule has 1 N–H and O–H groups in total. The van der Waals surface area contributed by atoms with Crippen molar-refractivity contribution in [2.24, 2.45) is 0 Å². The predicted molar refractivity (Wildman–Crippen MR) is 38.0 cm³/mol. The number of carbonyl (C=O) groups is 2. The van der Waals surface area contributed by atoms with Gasteiger partial charge < -0.3 is 9.84 Å². The van der Waals surface area contributed by atoms with Gasteiger partial charge in [-0.2, -0.15) is 0 Å². The molecular formula is C7H10O4. The van der Waals surface area contributed by atoms with Gasteiger partial charge in [-0.1, -0.05) is 12.2 Å². The van der Waals surface area contributed by atoms with E-state index in [1.165, 1.54) is 19.3 Å². The minimum Gasteiger partial charge on any atom is -0.481 e. The van der Waals surface area contributed by atoms with E-state index in [1.54, 1.807) is 0 Å². The van der Waals surface area contributed by atoms with Crippen molar-refractivity contribution in [3.05, 3.63) is 12.2 Å². The van der Waals surface area contributed by atoms with Gasteiger partial charge >= 0.3 is 11.9 Å². The summed E-state index contributed by atoms with van der Waals surface area (Å²) in [5.74, 6) is -1.28. The number of hydrogen-bond acceptors (Lipinski definition) is 3. The van der Waals surface area contributed by atoms with E-state index in [9.17, 15) is 9.59 Å². The second-order valence-electron chi connectivity index (χ2n) is 1.85. The SMILES string of the molecule is COC(=O)C/C=C/CC(=O)O. The molecule has 0 amide bonds. The largest absolute Gasteiger partial charge is 0.481 e. The summed E-state index contributed by atoms with van der Waals surface area (Å²) in [6, 6.07) is 0. The zero-order valence-electron chi connectivity index (χ0n) is 6.24. The first-order valence-corrected chi connectivity index (χ1v) is 3.10. The maximum Gasteiger partial charge on any atom is 0.309 e. The van der Waals surface area contributed by atoms with Crippen LogP contribution >= 0.6 is 0 Å². The van der Waals surface area contributed by atoms with Crippen LogP contribution in [-0.2, 0) is 14.3 Å². The highest BCUT2D eigenvalue weighted by Gasteiger charge is 1.94. The average Bonchev–Trinajstić information content (AvgIpc) is 1.97. The molecule has 0 heterocycles. The molecule has 0 aromatic rings. The second-order valence-corrected chi connectivity index (χ2v) is 1.85. The molecule has 0 aromatic carbocycles. The molecule has 0 bridgehead atoms. The molecule has 0 aliphatic heterocycles. The van der Waals surface area contributed by atoms with Crippen LogP contribution in [-0.4, -0.2) is 24.2 Å². The minimum absolute atomic E-state index is 0.0585. The van der Waals surface area contributed by atoms with Gasteiger partial charge in [0.25, 0.3) is 0 Å². The van der Waals surface area contributed by atoms with Crippen LogP contribution in [0.15, 0.2) is 12.2 Å². The van der Waals surface area contributed by atoms with Crippen molar-refractivity contribution in [1.29, 1.82) is 0 Å². The highest BCUT2D eigenvalue weighted by atomic mass is 16.5. The molecule has 0 saturated heterocycles. The monoisotopic (exact) mass is 158 g/mol. The van der Waals surface area contributed by atoms with E-state index in [2.05, 4.69) is 4.74 Å². The van der Waals surface area contributed by atoms with Gasteiger partial charge in [0.2, 0.25) is 0 Å². The van der Waals surface area contributed by atoms with Crippen LogP contribution in [0.25, 0.3) is 0 Å². The minimum atomic E-state index is -0.911. The quantitative estimate of drug-likeness (QED) is 0.480. The maximum atomic E-state index is 10.4. The Hall–Kier alpha value is -1.32. The normalized spacial score (nSPS) is 9.91. The first kappa shape index (κ1) is 9.68. The van der Waals surface area contributed by atoms with Gasteiger partial charge in [-0.05, 0) is 0 Å². The lowest BCUT2D eigenvalue weighted by atomic mass is 10.3. The van der Waals surface area contributed by atoms with Crippen LogP contribution in [0.1, 0.15) is 12.8 Å². The summed E-state index contributed by atoms with van der Waals surface area (Å²) in [5.41, 5.74) is 0. The summed E-state index contributed by atoms with van der Waals surface area (Å²) in [6.45, 7) is 0. The molecule has 0 aliphatic carbocycles. The number of carbonyl (C=O) groups excluding carboxylic acids is 1. The standard InChI is InChI=1S/C7H10O4/c1-11-7(10)5-3-2-4-6(8)9/h2-3H,4-5H2,1H3,(H,8,9)/b3-2+. The first-order chi connectivity index (χ1) is 5.16. The topological polar surface area (TPSA) is 63.6 Å². The van der Waals surface area contributed by atoms with Crippen molar-refractivity contribution in [2.45, 2.75) is 12.8 Å². The number of rotatable bonds is 4. The summed E-state index contributed by atoms with van der Waals surface area (Å²) in [4.78, 5) is 20.4. The lowest BCUT2D eigenvalue weighted by Crippen LogP contribution is -1.97. The highest BCUT2D eigenvalue weighted by Crippen LogP contribution is 1.89. The summed E-state index contributed by atoms with van der Waals surface area (Å²) < 4.78 is 4.32. The van der Waals surface area contributed by atoms with Gasteiger partial charge in [0.15, 0.2) is 0 Å². The Balaban J connectivity index is 3.44. The third-order valence-corrected chi connectivity index (χ3v) is 0.971. The fourth-order valence-corrected chi connectivity index (χ4v) is 0.447. The number of methoxy groups -OCH3 is 1. The van der Waals surface area contributed by atoms with Crippen LogP contribution in [0.2, 0.25) is 0 Å². The fourth-order valence-electron chi connectivity index (χ4n) is 0.447. The first-order valence-electron chi connectivity index (χ1n) is 3.10. The Bertz CT molecular complexity index is 171. The third-order valence-electron chi connectivity index (χ3n) is 0.971. The Morgan fingerprint density at radius 2 is 1.91 bits per heavy atom. The highest BCUT2D eigenvalue weighted by molar-refractivity contribution is 5.72. The Kier molecular flexibility index (Phi) is 4.81. The smallest absolute Gasteiger partial charge is 0.309 e. The van der Waals surface area contributed by atoms with Crippen LogP contribution < -0.4 is 0 Å². The number of esters is 1. The fraction of sp³-hybridized carbons (Fsp3) is 0.429. The van der Waals surface area contributed by atoms with Gasteiger partial charge in [-0.15, -0.1) is 0 Å². The van der Waals surface area contributed by atoms with E-state index in [1.807, 2.05) is 0 Å². The van der Waals surface area contributed by atoms with Crippen LogP contribution in [0.5, 0.6) is 0 Å². The number of hydrogen-bond donors (Lipinski definition) is 1. The van der Waals surface area contributed by atoms with E-state index in [4.69, 9.17) is 5.11 Å². The summed E-state index contributed by atoms with van der Waals surface area (Å²) in [7, 11) is 1.29. The lowest BCUT2D eigenvalue weighted by Gasteiger charge is -1.90. The second kappa shape index (κ2) is 5.46. The van der Waals surface area contributed by atoms with Crippen molar-refractivity contribution < 1.29 is 19.4 Å². The molecule has 0 atom stereocenters. The molecule has 4 heteroatoms. The average molecular weight is 158 g/mol. The molecule has 0 aromatic heterocycles. The van der Waals surface area contributed by atoms with E-state index < -0.39 is 5.97 Å². The van der Waals surface area contributed by atoms with Crippen molar-refractivity contribution in [2.75, 3.05) is 7.11 Å². The molecule has 0 unspecified atom stereocenters. The van der Waals surface area contributed by atoms with Crippen LogP contribution in [0, 0.1) is 0 Å². The molecule has 11 heavy (non-hydrogen) atoms. The number of aliphatic carboxylic acids is 1. The Labute approximate surface area is 64.5 Å². The van der Waals surface area contributed by atoms with Gasteiger partial charge in [0, 0.05) is 0 Å². The van der Waals surface area contributed by atoms with Crippen molar-refractivity contribution in [3.8, 4) is 0 Å². The van der Waals surface area contributed by atoms with Gasteiger partial charge in [0.1, 0.15) is 0 Å². The van der Waals surface area contributed by atoms with Crippen LogP contribution in [0.4, 0.5) is 0 Å². The molecule has 0 spiro atoms. The number of ether oxygens (including phenoxy) is 1. The number of carboxylic acid groups (broad SMARTS) is 1. The maximum absolute atomic E-state index is 10.4.